The fraction of sp³-hybridized carbons (Fsp3) is 0.536. The normalized spacial score (nSPS) is 16.2. The molecule has 38 heavy (non-hydrogen) atoms. The van der Waals surface area contributed by atoms with Crippen LogP contribution in [0.5, 0.6) is 0 Å². The second-order valence-electron chi connectivity index (χ2n) is 11.7. The van der Waals surface area contributed by atoms with Crippen LogP contribution in [0.25, 0.3) is 11.0 Å². The van der Waals surface area contributed by atoms with E-state index in [0.717, 1.165) is 41.1 Å². The number of nitrogens with two attached hydrogens (primary N) is 1. The first-order valence-corrected chi connectivity index (χ1v) is 17.2. The molecular formula is C28H38FN5O3Si. The predicted octanol–water partition coefficient (Wildman–Crippen LogP) is 5.60. The molecule has 0 radical (unpaired) electrons. The molecule has 1 aliphatic heterocycles. The maximum atomic E-state index is 15.1. The monoisotopic (exact) mass is 539 g/mol. The molecule has 1 saturated carbocycles. The molecule has 5 rings (SSSR count). The highest BCUT2D eigenvalue weighted by molar-refractivity contribution is 6.76. The van der Waals surface area contributed by atoms with Gasteiger partial charge in [0.2, 0.25) is 0 Å². The van der Waals surface area contributed by atoms with Gasteiger partial charge < -0.3 is 24.7 Å². The Bertz CT molecular complexity index is 1360. The molecule has 10 heteroatoms. The number of nitrogen functional groups attached to an aromatic ring is 1. The molecule has 1 aliphatic carbocycles. The number of ether oxygens (including phenoxy) is 2. The molecule has 0 aromatic carbocycles. The first kappa shape index (κ1) is 26.8. The number of halogens is 1. The molecule has 8 nitrogen and oxygen atoms in total. The topological polar surface area (TPSA) is 95.5 Å². The van der Waals surface area contributed by atoms with E-state index in [1.165, 1.54) is 0 Å². The third-order valence-corrected chi connectivity index (χ3v) is 9.31. The summed E-state index contributed by atoms with van der Waals surface area (Å²) in [6.45, 7) is 12.6. The average Bonchev–Trinajstić information content (AvgIpc) is 3.48. The highest BCUT2D eigenvalue weighted by atomic mass is 28.3. The maximum Gasteiger partial charge on any atom is 0.271 e. The van der Waals surface area contributed by atoms with Crippen LogP contribution in [0.15, 0.2) is 18.3 Å². The fourth-order valence-electron chi connectivity index (χ4n) is 5.15. The molecule has 0 saturated heterocycles. The minimum absolute atomic E-state index is 0.210. The number of nitrogens with zero attached hydrogens (tertiary/aromatic N) is 4. The van der Waals surface area contributed by atoms with Crippen LogP contribution in [-0.2, 0) is 29.4 Å². The molecule has 0 spiro atoms. The molecule has 1 fully saturated rings. The second kappa shape index (κ2) is 10.4. The number of fused-ring (bicyclic) bond motifs is 3. The number of pyridine rings is 2. The van der Waals surface area contributed by atoms with Gasteiger partial charge in [0.1, 0.15) is 24.1 Å². The number of carbonyl (C=O) groups is 1. The Hall–Kier alpha value is -2.82. The molecule has 2 aliphatic rings. The van der Waals surface area contributed by atoms with Crippen molar-refractivity contribution in [3.63, 3.8) is 0 Å². The summed E-state index contributed by atoms with van der Waals surface area (Å²) in [5, 5.41) is 0. The van der Waals surface area contributed by atoms with Crippen LogP contribution in [0.3, 0.4) is 0 Å². The minimum atomic E-state index is -1.28. The first-order valence-electron chi connectivity index (χ1n) is 13.5. The number of anilines is 1. The highest BCUT2D eigenvalue weighted by Gasteiger charge is 2.31. The number of carbonyl (C=O) groups excluding carboxylic acids is 1. The van der Waals surface area contributed by atoms with E-state index in [9.17, 15) is 4.79 Å². The lowest BCUT2D eigenvalue weighted by atomic mass is 10.1. The minimum Gasteiger partial charge on any atom is -0.383 e. The average molecular weight is 540 g/mol. The van der Waals surface area contributed by atoms with Crippen molar-refractivity contribution in [1.29, 1.82) is 0 Å². The Morgan fingerprint density at radius 1 is 1.29 bits per heavy atom. The standard InChI is InChI=1S/C28H38FN5O3Si/c1-6-33(17(2)25-22(29)11-19(13-31-25)18-7-8-18)28(35)24-12-23-26(20-14-37-15-21(20)27(30)32-23)34(24)16-36-9-10-38(3,4)5/h11-13,17-18H,6-10,14-16H2,1-5H3,(H2,30,32)/t17-/m0/s1. The summed E-state index contributed by atoms with van der Waals surface area (Å²) in [5.74, 6) is 0.231. The number of aromatic nitrogens is 3. The van der Waals surface area contributed by atoms with Crippen molar-refractivity contribution in [3.8, 4) is 0 Å². The van der Waals surface area contributed by atoms with Crippen LogP contribution >= 0.6 is 0 Å². The molecular weight excluding hydrogens is 501 g/mol. The van der Waals surface area contributed by atoms with Crippen LogP contribution in [-0.4, -0.2) is 46.6 Å². The predicted molar refractivity (Wildman–Crippen MR) is 148 cm³/mol. The molecule has 1 amide bonds. The molecule has 0 bridgehead atoms. The third-order valence-electron chi connectivity index (χ3n) is 7.61. The summed E-state index contributed by atoms with van der Waals surface area (Å²) in [7, 11) is -1.28. The van der Waals surface area contributed by atoms with Crippen LogP contribution in [0.4, 0.5) is 10.2 Å². The zero-order valence-corrected chi connectivity index (χ0v) is 24.0. The van der Waals surface area contributed by atoms with E-state index in [1.807, 2.05) is 18.4 Å². The fourth-order valence-corrected chi connectivity index (χ4v) is 5.90. The molecule has 3 aromatic heterocycles. The van der Waals surface area contributed by atoms with Gasteiger partial charge in [0.15, 0.2) is 0 Å². The van der Waals surface area contributed by atoms with Gasteiger partial charge in [-0.05, 0) is 56.3 Å². The van der Waals surface area contributed by atoms with Crippen LogP contribution < -0.4 is 5.73 Å². The van der Waals surface area contributed by atoms with Gasteiger partial charge in [0, 0.05) is 38.5 Å². The molecule has 0 unspecified atom stereocenters. The highest BCUT2D eigenvalue weighted by Crippen LogP contribution is 2.40. The van der Waals surface area contributed by atoms with Crippen LogP contribution in [0, 0.1) is 5.82 Å². The van der Waals surface area contributed by atoms with Gasteiger partial charge >= 0.3 is 0 Å². The zero-order valence-electron chi connectivity index (χ0n) is 23.0. The lowest BCUT2D eigenvalue weighted by Crippen LogP contribution is -2.35. The van der Waals surface area contributed by atoms with Gasteiger partial charge in [0.05, 0.1) is 36.0 Å². The van der Waals surface area contributed by atoms with Crippen molar-refractivity contribution in [3.05, 3.63) is 52.2 Å². The summed E-state index contributed by atoms with van der Waals surface area (Å²) in [4.78, 5) is 24.8. The van der Waals surface area contributed by atoms with E-state index in [2.05, 4.69) is 29.6 Å². The Morgan fingerprint density at radius 2 is 2.03 bits per heavy atom. The first-order chi connectivity index (χ1) is 18.1. The van der Waals surface area contributed by atoms with Gasteiger partial charge in [-0.25, -0.2) is 9.37 Å². The van der Waals surface area contributed by atoms with Gasteiger partial charge in [-0.1, -0.05) is 19.6 Å². The smallest absolute Gasteiger partial charge is 0.271 e. The van der Waals surface area contributed by atoms with Gasteiger partial charge in [0.25, 0.3) is 5.91 Å². The summed E-state index contributed by atoms with van der Waals surface area (Å²) in [5.41, 5.74) is 11.1. The summed E-state index contributed by atoms with van der Waals surface area (Å²) in [6, 6.07) is 3.81. The summed E-state index contributed by atoms with van der Waals surface area (Å²) < 4.78 is 28.8. The van der Waals surface area contributed by atoms with Crippen LogP contribution in [0.1, 0.15) is 71.5 Å². The number of rotatable bonds is 10. The molecule has 204 valence electrons. The number of hydrogen-bond donors (Lipinski definition) is 1. The van der Waals surface area contributed by atoms with E-state index in [1.54, 1.807) is 23.2 Å². The van der Waals surface area contributed by atoms with E-state index in [-0.39, 0.29) is 24.1 Å². The van der Waals surface area contributed by atoms with Crippen molar-refractivity contribution in [2.45, 2.75) is 84.3 Å². The van der Waals surface area contributed by atoms with Gasteiger partial charge in [-0.3, -0.25) is 9.78 Å². The zero-order chi connectivity index (χ0) is 27.2. The van der Waals surface area contributed by atoms with E-state index >= 15 is 4.39 Å². The Balaban J connectivity index is 1.50. The van der Waals surface area contributed by atoms with Crippen molar-refractivity contribution in [2.24, 2.45) is 0 Å². The summed E-state index contributed by atoms with van der Waals surface area (Å²) >= 11 is 0. The second-order valence-corrected chi connectivity index (χ2v) is 17.3. The maximum absolute atomic E-state index is 15.1. The summed E-state index contributed by atoms with van der Waals surface area (Å²) in [6.07, 6.45) is 3.91. The van der Waals surface area contributed by atoms with Crippen molar-refractivity contribution in [2.75, 3.05) is 18.9 Å². The third kappa shape index (κ3) is 5.21. The quantitative estimate of drug-likeness (QED) is 0.266. The van der Waals surface area contributed by atoms with Gasteiger partial charge in [-0.15, -0.1) is 0 Å². The van der Waals surface area contributed by atoms with Crippen LogP contribution in [0.2, 0.25) is 25.7 Å². The van der Waals surface area contributed by atoms with E-state index in [0.29, 0.717) is 49.3 Å². The van der Waals surface area contributed by atoms with Crippen molar-refractivity contribution < 1.29 is 18.7 Å². The van der Waals surface area contributed by atoms with Crippen molar-refractivity contribution >= 4 is 30.8 Å². The molecule has 2 N–H and O–H groups in total. The molecule has 4 heterocycles. The lowest BCUT2D eigenvalue weighted by Gasteiger charge is -2.28. The van der Waals surface area contributed by atoms with E-state index in [4.69, 9.17) is 15.2 Å². The Kier molecular flexibility index (Phi) is 7.32. The number of hydrogen-bond acceptors (Lipinski definition) is 6. The van der Waals surface area contributed by atoms with E-state index < -0.39 is 14.1 Å². The van der Waals surface area contributed by atoms with Gasteiger partial charge in [-0.2, -0.15) is 0 Å². The SMILES string of the molecule is CCN(C(=O)c1cc2nc(N)c3c(c2n1COCC[Si](C)(C)C)COC3)[C@@H](C)c1ncc(C2CC2)cc1F. The molecule has 3 aromatic rings. The lowest BCUT2D eigenvalue weighted by molar-refractivity contribution is 0.0632. The van der Waals surface area contributed by atoms with Crippen molar-refractivity contribution in [1.82, 2.24) is 19.4 Å². The largest absolute Gasteiger partial charge is 0.383 e. The number of amides is 1. The Labute approximate surface area is 224 Å². The Morgan fingerprint density at radius 3 is 2.68 bits per heavy atom. The molecule has 1 atom stereocenters.